The van der Waals surface area contributed by atoms with Crippen LogP contribution in [0.3, 0.4) is 0 Å². The Kier molecular flexibility index (Phi) is 8.74. The second kappa shape index (κ2) is 12.6. The minimum absolute atomic E-state index is 0.0681. The SMILES string of the molecule is COc1ccc(CN2C[C@@H](C(=O)NCCN3CCNC3=O)C[C@@H](C(=O)Nc3ccc4c(c3)CCC4)C2)cc1OC. The molecule has 2 aromatic rings. The summed E-state index contributed by atoms with van der Waals surface area (Å²) in [6.45, 7) is 3.76. The summed E-state index contributed by atoms with van der Waals surface area (Å²) in [7, 11) is 3.21. The fraction of sp³-hybridized carbons (Fsp3) is 0.500. The Bertz CT molecular complexity index is 1250. The number of piperidine rings is 1. The lowest BCUT2D eigenvalue weighted by molar-refractivity contribution is -0.130. The average Bonchev–Trinajstić information content (AvgIpc) is 3.60. The van der Waals surface area contributed by atoms with Crippen LogP contribution in [-0.2, 0) is 29.0 Å². The van der Waals surface area contributed by atoms with Crippen molar-refractivity contribution in [1.29, 1.82) is 0 Å². The van der Waals surface area contributed by atoms with Gasteiger partial charge in [0.25, 0.3) is 0 Å². The molecule has 214 valence electrons. The Morgan fingerprint density at radius 2 is 1.75 bits per heavy atom. The smallest absolute Gasteiger partial charge is 0.317 e. The summed E-state index contributed by atoms with van der Waals surface area (Å²) < 4.78 is 10.8. The van der Waals surface area contributed by atoms with Crippen molar-refractivity contribution in [3.63, 3.8) is 0 Å². The zero-order chi connectivity index (χ0) is 28.1. The molecule has 1 aliphatic carbocycles. The van der Waals surface area contributed by atoms with Crippen LogP contribution in [-0.4, -0.2) is 81.1 Å². The number of likely N-dealkylation sites (tertiary alicyclic amines) is 1. The maximum atomic E-state index is 13.5. The fourth-order valence-corrected chi connectivity index (χ4v) is 6.01. The summed E-state index contributed by atoms with van der Waals surface area (Å²) in [6, 6.07) is 11.9. The lowest BCUT2D eigenvalue weighted by Crippen LogP contribution is -2.49. The van der Waals surface area contributed by atoms with Crippen molar-refractivity contribution in [3.05, 3.63) is 53.1 Å². The summed E-state index contributed by atoms with van der Waals surface area (Å²) in [5.41, 5.74) is 4.49. The molecule has 2 heterocycles. The van der Waals surface area contributed by atoms with E-state index < -0.39 is 0 Å². The van der Waals surface area contributed by atoms with E-state index in [2.05, 4.69) is 33.0 Å². The molecule has 5 rings (SSSR count). The molecule has 3 N–H and O–H groups in total. The molecule has 4 amide bonds. The molecule has 3 aliphatic rings. The number of anilines is 1. The lowest BCUT2D eigenvalue weighted by atomic mass is 9.87. The van der Waals surface area contributed by atoms with Crippen LogP contribution in [0.2, 0.25) is 0 Å². The Morgan fingerprint density at radius 1 is 0.975 bits per heavy atom. The highest BCUT2D eigenvalue weighted by atomic mass is 16.5. The minimum Gasteiger partial charge on any atom is -0.493 e. The maximum Gasteiger partial charge on any atom is 0.317 e. The summed E-state index contributed by atoms with van der Waals surface area (Å²) in [5, 5.41) is 8.89. The molecule has 0 unspecified atom stereocenters. The number of ether oxygens (including phenoxy) is 2. The van der Waals surface area contributed by atoms with Gasteiger partial charge in [-0.2, -0.15) is 0 Å². The molecule has 0 aromatic heterocycles. The van der Waals surface area contributed by atoms with Gasteiger partial charge in [-0.3, -0.25) is 14.5 Å². The predicted octanol–water partition coefficient (Wildman–Crippen LogP) is 2.41. The first-order valence-corrected chi connectivity index (χ1v) is 14.1. The van der Waals surface area contributed by atoms with Crippen LogP contribution < -0.4 is 25.4 Å². The first kappa shape index (κ1) is 27.8. The summed E-state index contributed by atoms with van der Waals surface area (Å²) in [5.74, 6) is 0.441. The quantitative estimate of drug-likeness (QED) is 0.420. The predicted molar refractivity (Wildman–Crippen MR) is 151 cm³/mol. The number of methoxy groups -OCH3 is 2. The molecule has 2 atom stereocenters. The largest absolute Gasteiger partial charge is 0.493 e. The highest BCUT2D eigenvalue weighted by Crippen LogP contribution is 2.31. The van der Waals surface area contributed by atoms with Gasteiger partial charge in [-0.15, -0.1) is 0 Å². The first-order chi connectivity index (χ1) is 19.4. The van der Waals surface area contributed by atoms with Gasteiger partial charge < -0.3 is 30.3 Å². The van der Waals surface area contributed by atoms with Crippen molar-refractivity contribution in [2.75, 3.05) is 58.8 Å². The third-order valence-electron chi connectivity index (χ3n) is 8.11. The fourth-order valence-electron chi connectivity index (χ4n) is 6.01. The highest BCUT2D eigenvalue weighted by Gasteiger charge is 2.35. The molecule has 2 aromatic carbocycles. The van der Waals surface area contributed by atoms with Crippen LogP contribution in [0.1, 0.15) is 29.5 Å². The van der Waals surface area contributed by atoms with E-state index in [-0.39, 0.29) is 29.7 Å². The number of benzene rings is 2. The highest BCUT2D eigenvalue weighted by molar-refractivity contribution is 5.93. The van der Waals surface area contributed by atoms with Gasteiger partial charge in [0.1, 0.15) is 0 Å². The molecule has 2 fully saturated rings. The van der Waals surface area contributed by atoms with Crippen LogP contribution in [0.5, 0.6) is 11.5 Å². The number of nitrogens with zero attached hydrogens (tertiary/aromatic N) is 2. The number of nitrogens with one attached hydrogen (secondary N) is 3. The average molecular weight is 550 g/mol. The van der Waals surface area contributed by atoms with Crippen molar-refractivity contribution in [1.82, 2.24) is 20.4 Å². The van der Waals surface area contributed by atoms with Crippen LogP contribution >= 0.6 is 0 Å². The number of aryl methyl sites for hydroxylation is 2. The maximum absolute atomic E-state index is 13.5. The summed E-state index contributed by atoms with van der Waals surface area (Å²) >= 11 is 0. The molecule has 10 nitrogen and oxygen atoms in total. The second-order valence-electron chi connectivity index (χ2n) is 10.8. The van der Waals surface area contributed by atoms with Gasteiger partial charge in [-0.1, -0.05) is 12.1 Å². The molecule has 0 radical (unpaired) electrons. The number of urea groups is 1. The van der Waals surface area contributed by atoms with Crippen LogP contribution in [0, 0.1) is 11.8 Å². The van der Waals surface area contributed by atoms with Gasteiger partial charge in [-0.25, -0.2) is 4.79 Å². The first-order valence-electron chi connectivity index (χ1n) is 14.1. The molecule has 2 saturated heterocycles. The monoisotopic (exact) mass is 549 g/mol. The van der Waals surface area contributed by atoms with E-state index >= 15 is 0 Å². The Labute approximate surface area is 235 Å². The lowest BCUT2D eigenvalue weighted by Gasteiger charge is -2.36. The molecule has 10 heteroatoms. The van der Waals surface area contributed by atoms with E-state index in [1.54, 1.807) is 19.1 Å². The second-order valence-corrected chi connectivity index (χ2v) is 10.8. The van der Waals surface area contributed by atoms with Gasteiger partial charge in [-0.05, 0) is 66.6 Å². The molecule has 0 spiro atoms. The Hall–Kier alpha value is -3.79. The van der Waals surface area contributed by atoms with Crippen LogP contribution in [0.25, 0.3) is 0 Å². The van der Waals surface area contributed by atoms with Crippen molar-refractivity contribution >= 4 is 23.5 Å². The van der Waals surface area contributed by atoms with Gasteiger partial charge >= 0.3 is 6.03 Å². The Morgan fingerprint density at radius 3 is 2.50 bits per heavy atom. The molecular weight excluding hydrogens is 510 g/mol. The van der Waals surface area contributed by atoms with Crippen molar-refractivity contribution < 1.29 is 23.9 Å². The van der Waals surface area contributed by atoms with Gasteiger partial charge in [0.2, 0.25) is 11.8 Å². The van der Waals surface area contributed by atoms with Crippen LogP contribution in [0.4, 0.5) is 10.5 Å². The summed E-state index contributed by atoms with van der Waals surface area (Å²) in [4.78, 5) is 42.4. The van der Waals surface area contributed by atoms with Gasteiger partial charge in [0.05, 0.1) is 26.1 Å². The van der Waals surface area contributed by atoms with Crippen LogP contribution in [0.15, 0.2) is 36.4 Å². The molecule has 40 heavy (non-hydrogen) atoms. The van der Waals surface area contributed by atoms with E-state index in [1.165, 1.54) is 11.1 Å². The van der Waals surface area contributed by atoms with E-state index in [0.717, 1.165) is 30.5 Å². The molecule has 2 aliphatic heterocycles. The molecule has 0 saturated carbocycles. The van der Waals surface area contributed by atoms with Gasteiger partial charge in [0, 0.05) is 51.5 Å². The van der Waals surface area contributed by atoms with Crippen molar-refractivity contribution in [2.24, 2.45) is 11.8 Å². The van der Waals surface area contributed by atoms with E-state index in [0.29, 0.717) is 63.7 Å². The topological polar surface area (TPSA) is 112 Å². The number of carbonyl (C=O) groups excluding carboxylic acids is 3. The third-order valence-corrected chi connectivity index (χ3v) is 8.11. The van der Waals surface area contributed by atoms with Crippen molar-refractivity contribution in [3.8, 4) is 11.5 Å². The van der Waals surface area contributed by atoms with E-state index in [9.17, 15) is 14.4 Å². The molecular formula is C30H39N5O5. The normalized spacial score (nSPS) is 20.6. The zero-order valence-corrected chi connectivity index (χ0v) is 23.3. The Balaban J connectivity index is 1.27. The number of hydrogen-bond acceptors (Lipinski definition) is 6. The van der Waals surface area contributed by atoms with E-state index in [4.69, 9.17) is 9.47 Å². The number of carbonyl (C=O) groups is 3. The zero-order valence-electron chi connectivity index (χ0n) is 23.3. The number of amides is 4. The van der Waals surface area contributed by atoms with Crippen molar-refractivity contribution in [2.45, 2.75) is 32.2 Å². The number of hydrogen-bond donors (Lipinski definition) is 3. The number of fused-ring (bicyclic) bond motifs is 1. The minimum atomic E-state index is -0.350. The van der Waals surface area contributed by atoms with E-state index in [1.807, 2.05) is 24.3 Å². The summed E-state index contributed by atoms with van der Waals surface area (Å²) in [6.07, 6.45) is 3.76. The number of rotatable bonds is 10. The third kappa shape index (κ3) is 6.50. The standard InChI is InChI=1S/C30H39N5O5/c1-39-26-9-6-20(14-27(26)40-2)17-34-18-23(28(36)31-10-12-35-13-11-32-30(35)38)15-24(19-34)29(37)33-25-8-7-21-4-3-5-22(21)16-25/h6-9,14,16,23-24H,3-5,10-13,15,17-19H2,1-2H3,(H,31,36)(H,32,38)(H,33,37)/t23-,24+/m0/s1. The molecule has 0 bridgehead atoms. The van der Waals surface area contributed by atoms with Gasteiger partial charge in [0.15, 0.2) is 11.5 Å².